The van der Waals surface area contributed by atoms with Crippen LogP contribution >= 0.6 is 0 Å². The van der Waals surface area contributed by atoms with Gasteiger partial charge in [-0.3, -0.25) is 9.98 Å². The minimum absolute atomic E-state index is 0.197. The molecule has 1 heterocycles. The number of pyridine rings is 1. The Morgan fingerprint density at radius 1 is 1.57 bits per heavy atom. The van der Waals surface area contributed by atoms with Gasteiger partial charge in [0.2, 0.25) is 0 Å². The lowest BCUT2D eigenvalue weighted by Crippen LogP contribution is -2.33. The summed E-state index contributed by atoms with van der Waals surface area (Å²) >= 11 is 0. The topological polar surface area (TPSA) is 63.3 Å². The molecule has 0 aliphatic heterocycles. The molecule has 14 heavy (non-hydrogen) atoms. The molecular weight excluding hydrogens is 176 g/mol. The molecule has 0 radical (unpaired) electrons. The normalized spacial score (nSPS) is 11.9. The first kappa shape index (κ1) is 10.7. The molecule has 0 bridgehead atoms. The van der Waals surface area contributed by atoms with E-state index in [0.29, 0.717) is 5.84 Å². The van der Waals surface area contributed by atoms with Crippen molar-refractivity contribution in [1.29, 1.82) is 0 Å². The minimum Gasteiger partial charge on any atom is -0.307 e. The van der Waals surface area contributed by atoms with Crippen molar-refractivity contribution in [2.24, 2.45) is 10.8 Å². The van der Waals surface area contributed by atoms with E-state index >= 15 is 0 Å². The van der Waals surface area contributed by atoms with Gasteiger partial charge in [0.05, 0.1) is 0 Å². The van der Waals surface area contributed by atoms with Crippen molar-refractivity contribution in [3.05, 3.63) is 29.6 Å². The predicted molar refractivity (Wildman–Crippen MR) is 58.0 cm³/mol. The highest BCUT2D eigenvalue weighted by Crippen LogP contribution is 2.04. The largest absolute Gasteiger partial charge is 0.307 e. The van der Waals surface area contributed by atoms with Gasteiger partial charge >= 0.3 is 0 Å². The van der Waals surface area contributed by atoms with Gasteiger partial charge in [-0.2, -0.15) is 0 Å². The van der Waals surface area contributed by atoms with Crippen LogP contribution in [-0.2, 0) is 0 Å². The van der Waals surface area contributed by atoms with Crippen LogP contribution < -0.4 is 11.3 Å². The molecule has 0 saturated carbocycles. The molecule has 0 amide bonds. The smallest absolute Gasteiger partial charge is 0.162 e. The summed E-state index contributed by atoms with van der Waals surface area (Å²) in [7, 11) is 0. The molecule has 3 N–H and O–H groups in total. The quantitative estimate of drug-likeness (QED) is 0.318. The molecule has 0 aromatic carbocycles. The number of hydrogen-bond donors (Lipinski definition) is 2. The van der Waals surface area contributed by atoms with Gasteiger partial charge in [-0.1, -0.05) is 6.07 Å². The van der Waals surface area contributed by atoms with E-state index in [-0.39, 0.29) is 6.04 Å². The number of nitrogens with one attached hydrogen (secondary N) is 1. The predicted octanol–water partition coefficient (Wildman–Crippen LogP) is 1.01. The molecule has 0 aliphatic carbocycles. The molecule has 0 fully saturated rings. The van der Waals surface area contributed by atoms with Crippen LogP contribution in [0.1, 0.15) is 25.1 Å². The van der Waals surface area contributed by atoms with Crippen molar-refractivity contribution in [1.82, 2.24) is 10.4 Å². The van der Waals surface area contributed by atoms with Crippen LogP contribution in [0.5, 0.6) is 0 Å². The lowest BCUT2D eigenvalue weighted by molar-refractivity contribution is 0.818. The Labute approximate surface area is 84.2 Å². The highest BCUT2D eigenvalue weighted by Gasteiger charge is 2.06. The van der Waals surface area contributed by atoms with Gasteiger partial charge in [0, 0.05) is 12.2 Å². The minimum atomic E-state index is 0.197. The number of aliphatic imine (C=N–C) groups is 1. The number of rotatable bonds is 2. The fourth-order valence-electron chi connectivity index (χ4n) is 1.16. The van der Waals surface area contributed by atoms with E-state index in [1.165, 1.54) is 0 Å². The first-order chi connectivity index (χ1) is 6.65. The third-order valence-corrected chi connectivity index (χ3v) is 1.76. The van der Waals surface area contributed by atoms with Crippen LogP contribution in [-0.4, -0.2) is 16.9 Å². The average molecular weight is 192 g/mol. The van der Waals surface area contributed by atoms with Crippen molar-refractivity contribution in [3.8, 4) is 0 Å². The van der Waals surface area contributed by atoms with Crippen molar-refractivity contribution in [3.63, 3.8) is 0 Å². The summed E-state index contributed by atoms with van der Waals surface area (Å²) in [6.45, 7) is 5.97. The molecule has 4 nitrogen and oxygen atoms in total. The van der Waals surface area contributed by atoms with E-state index in [9.17, 15) is 0 Å². The number of hydrazine groups is 1. The molecule has 0 atom stereocenters. The maximum Gasteiger partial charge on any atom is 0.162 e. The van der Waals surface area contributed by atoms with Crippen molar-refractivity contribution < 1.29 is 0 Å². The first-order valence-corrected chi connectivity index (χ1v) is 4.61. The summed E-state index contributed by atoms with van der Waals surface area (Å²) in [5.74, 6) is 6.04. The number of amidine groups is 1. The molecular formula is C10H16N4. The molecule has 1 rings (SSSR count). The molecule has 4 heteroatoms. The van der Waals surface area contributed by atoms with Crippen LogP contribution in [0.2, 0.25) is 0 Å². The number of nitrogens with two attached hydrogens (primary N) is 1. The Morgan fingerprint density at radius 2 is 2.29 bits per heavy atom. The van der Waals surface area contributed by atoms with Crippen molar-refractivity contribution in [2.75, 3.05) is 0 Å². The highest BCUT2D eigenvalue weighted by molar-refractivity contribution is 5.97. The van der Waals surface area contributed by atoms with E-state index in [2.05, 4.69) is 15.4 Å². The average Bonchev–Trinajstić information content (AvgIpc) is 2.15. The molecule has 1 aromatic rings. The summed E-state index contributed by atoms with van der Waals surface area (Å²) in [4.78, 5) is 8.57. The van der Waals surface area contributed by atoms with Crippen molar-refractivity contribution in [2.45, 2.75) is 26.8 Å². The number of hydrogen-bond acceptors (Lipinski definition) is 3. The van der Waals surface area contributed by atoms with Gasteiger partial charge in [0.1, 0.15) is 5.69 Å². The molecule has 1 aromatic heterocycles. The number of aryl methyl sites for hydroxylation is 1. The Kier molecular flexibility index (Phi) is 3.59. The van der Waals surface area contributed by atoms with E-state index in [0.717, 1.165) is 11.3 Å². The van der Waals surface area contributed by atoms with Gasteiger partial charge < -0.3 is 5.43 Å². The van der Waals surface area contributed by atoms with Gasteiger partial charge in [0.15, 0.2) is 5.84 Å². The van der Waals surface area contributed by atoms with E-state index < -0.39 is 0 Å². The van der Waals surface area contributed by atoms with Gasteiger partial charge in [-0.15, -0.1) is 0 Å². The van der Waals surface area contributed by atoms with Crippen LogP contribution in [0.4, 0.5) is 0 Å². The van der Waals surface area contributed by atoms with Crippen LogP contribution in [0.15, 0.2) is 23.3 Å². The highest BCUT2D eigenvalue weighted by atomic mass is 15.3. The first-order valence-electron chi connectivity index (χ1n) is 4.61. The lowest BCUT2D eigenvalue weighted by atomic mass is 10.2. The third-order valence-electron chi connectivity index (χ3n) is 1.76. The van der Waals surface area contributed by atoms with Crippen LogP contribution in [0.3, 0.4) is 0 Å². The molecule has 0 spiro atoms. The lowest BCUT2D eigenvalue weighted by Gasteiger charge is -2.08. The van der Waals surface area contributed by atoms with Gasteiger partial charge in [-0.05, 0) is 32.4 Å². The molecule has 0 unspecified atom stereocenters. The second-order valence-electron chi connectivity index (χ2n) is 3.38. The van der Waals surface area contributed by atoms with E-state index in [1.54, 1.807) is 6.20 Å². The Bertz CT molecular complexity index is 331. The molecule has 0 saturated heterocycles. The Morgan fingerprint density at radius 3 is 2.79 bits per heavy atom. The summed E-state index contributed by atoms with van der Waals surface area (Å²) in [6, 6.07) is 4.07. The fraction of sp³-hybridized carbons (Fsp3) is 0.400. The number of aromatic nitrogens is 1. The van der Waals surface area contributed by atoms with Gasteiger partial charge in [-0.25, -0.2) is 5.84 Å². The zero-order valence-corrected chi connectivity index (χ0v) is 8.78. The second kappa shape index (κ2) is 4.72. The molecule has 0 aliphatic rings. The zero-order chi connectivity index (χ0) is 10.6. The maximum atomic E-state index is 5.40. The molecule has 76 valence electrons. The summed E-state index contributed by atoms with van der Waals surface area (Å²) in [5, 5.41) is 0. The summed E-state index contributed by atoms with van der Waals surface area (Å²) in [5.41, 5.74) is 4.45. The second-order valence-corrected chi connectivity index (χ2v) is 3.38. The van der Waals surface area contributed by atoms with E-state index in [1.807, 2.05) is 32.9 Å². The Balaban J connectivity index is 3.07. The Hall–Kier alpha value is -1.42. The van der Waals surface area contributed by atoms with Gasteiger partial charge in [0.25, 0.3) is 0 Å². The number of nitrogens with zero attached hydrogens (tertiary/aromatic N) is 2. The third kappa shape index (κ3) is 2.53. The SMILES string of the molecule is Cc1cccnc1C(=NC(C)C)NN. The maximum absolute atomic E-state index is 5.40. The summed E-state index contributed by atoms with van der Waals surface area (Å²) < 4.78 is 0. The van der Waals surface area contributed by atoms with E-state index in [4.69, 9.17) is 5.84 Å². The van der Waals surface area contributed by atoms with Crippen LogP contribution in [0, 0.1) is 6.92 Å². The fourth-order valence-corrected chi connectivity index (χ4v) is 1.16. The van der Waals surface area contributed by atoms with Crippen molar-refractivity contribution >= 4 is 5.84 Å². The monoisotopic (exact) mass is 192 g/mol. The zero-order valence-electron chi connectivity index (χ0n) is 8.78. The van der Waals surface area contributed by atoms with Crippen LogP contribution in [0.25, 0.3) is 0 Å². The summed E-state index contributed by atoms with van der Waals surface area (Å²) in [6.07, 6.45) is 1.73. The standard InChI is InChI=1S/C10H16N4/c1-7(2)13-10(14-11)9-8(3)5-4-6-12-9/h4-7H,11H2,1-3H3,(H,13,14).